The molecule has 0 bridgehead atoms. The van der Waals surface area contributed by atoms with E-state index in [1.165, 1.54) is 6.92 Å². The van der Waals surface area contributed by atoms with E-state index in [0.29, 0.717) is 16.9 Å². The minimum Gasteiger partial charge on any atom is -0.326 e. The Kier molecular flexibility index (Phi) is 4.43. The molecule has 5 nitrogen and oxygen atoms in total. The molecule has 3 aromatic rings. The van der Waals surface area contributed by atoms with Crippen molar-refractivity contribution in [2.45, 2.75) is 6.92 Å². The average molecular weight is 319 g/mol. The van der Waals surface area contributed by atoms with E-state index in [4.69, 9.17) is 0 Å². The molecule has 0 aliphatic rings. The molecule has 0 spiro atoms. The lowest BCUT2D eigenvalue weighted by Gasteiger charge is -2.08. The van der Waals surface area contributed by atoms with Gasteiger partial charge in [-0.15, -0.1) is 0 Å². The van der Waals surface area contributed by atoms with Gasteiger partial charge in [0.2, 0.25) is 5.91 Å². The first-order chi connectivity index (χ1) is 11.6. The van der Waals surface area contributed by atoms with Crippen LogP contribution >= 0.6 is 0 Å². The highest BCUT2D eigenvalue weighted by Crippen LogP contribution is 2.16. The molecule has 1 heterocycles. The number of benzene rings is 2. The van der Waals surface area contributed by atoms with Gasteiger partial charge in [0.15, 0.2) is 0 Å². The third-order valence-electron chi connectivity index (χ3n) is 3.50. The number of carbonyl (C=O) groups is 2. The molecule has 0 unspecified atom stereocenters. The van der Waals surface area contributed by atoms with Crippen LogP contribution in [-0.2, 0) is 4.79 Å². The van der Waals surface area contributed by atoms with Crippen LogP contribution in [0.4, 0.5) is 11.4 Å². The summed E-state index contributed by atoms with van der Waals surface area (Å²) in [5.41, 5.74) is 2.94. The van der Waals surface area contributed by atoms with Gasteiger partial charge in [0, 0.05) is 41.9 Å². The summed E-state index contributed by atoms with van der Waals surface area (Å²) < 4.78 is 1.97. The Bertz CT molecular complexity index is 835. The molecule has 24 heavy (non-hydrogen) atoms. The van der Waals surface area contributed by atoms with Gasteiger partial charge in [0.25, 0.3) is 5.91 Å². The highest BCUT2D eigenvalue weighted by Gasteiger charge is 2.06. The maximum absolute atomic E-state index is 12.3. The smallest absolute Gasteiger partial charge is 0.255 e. The Balaban J connectivity index is 1.67. The van der Waals surface area contributed by atoms with Crippen molar-refractivity contribution >= 4 is 23.2 Å². The maximum Gasteiger partial charge on any atom is 0.255 e. The normalized spacial score (nSPS) is 10.2. The number of hydrogen-bond acceptors (Lipinski definition) is 2. The molecule has 0 aliphatic carbocycles. The topological polar surface area (TPSA) is 63.1 Å². The second-order valence-corrected chi connectivity index (χ2v) is 5.35. The molecule has 0 saturated heterocycles. The van der Waals surface area contributed by atoms with E-state index in [1.54, 1.807) is 36.4 Å². The van der Waals surface area contributed by atoms with Gasteiger partial charge in [0.1, 0.15) is 0 Å². The molecule has 0 fully saturated rings. The minimum absolute atomic E-state index is 0.130. The Labute approximate surface area is 139 Å². The van der Waals surface area contributed by atoms with Gasteiger partial charge in [0.05, 0.1) is 0 Å². The van der Waals surface area contributed by atoms with Crippen LogP contribution in [0, 0.1) is 0 Å². The lowest BCUT2D eigenvalue weighted by Crippen LogP contribution is -2.12. The highest BCUT2D eigenvalue weighted by atomic mass is 16.2. The molecule has 0 atom stereocenters. The van der Waals surface area contributed by atoms with Crippen molar-refractivity contribution < 1.29 is 9.59 Å². The lowest BCUT2D eigenvalue weighted by molar-refractivity contribution is -0.114. The van der Waals surface area contributed by atoms with E-state index < -0.39 is 0 Å². The van der Waals surface area contributed by atoms with E-state index in [9.17, 15) is 9.59 Å². The standard InChI is InChI=1S/C19H17N3O2/c1-14(23)20-16-6-8-17(9-7-16)21-19(24)15-4-10-18(11-5-15)22-12-2-3-13-22/h2-13H,1H3,(H,20,23)(H,21,24). The van der Waals surface area contributed by atoms with Gasteiger partial charge in [-0.05, 0) is 60.7 Å². The number of aromatic nitrogens is 1. The predicted octanol–water partition coefficient (Wildman–Crippen LogP) is 3.69. The van der Waals surface area contributed by atoms with E-state index in [-0.39, 0.29) is 11.8 Å². The van der Waals surface area contributed by atoms with E-state index in [2.05, 4.69) is 10.6 Å². The van der Waals surface area contributed by atoms with Crippen LogP contribution in [0.2, 0.25) is 0 Å². The summed E-state index contributed by atoms with van der Waals surface area (Å²) >= 11 is 0. The van der Waals surface area contributed by atoms with Gasteiger partial charge < -0.3 is 15.2 Å². The first-order valence-electron chi connectivity index (χ1n) is 7.54. The highest BCUT2D eigenvalue weighted by molar-refractivity contribution is 6.04. The van der Waals surface area contributed by atoms with Crippen molar-refractivity contribution in [3.05, 3.63) is 78.6 Å². The zero-order valence-corrected chi connectivity index (χ0v) is 13.2. The van der Waals surface area contributed by atoms with Crippen LogP contribution in [-0.4, -0.2) is 16.4 Å². The zero-order valence-electron chi connectivity index (χ0n) is 13.2. The van der Waals surface area contributed by atoms with Crippen LogP contribution in [0.1, 0.15) is 17.3 Å². The Hall–Kier alpha value is -3.34. The van der Waals surface area contributed by atoms with Crippen molar-refractivity contribution in [1.29, 1.82) is 0 Å². The third-order valence-corrected chi connectivity index (χ3v) is 3.50. The molecule has 120 valence electrons. The number of nitrogens with zero attached hydrogens (tertiary/aromatic N) is 1. The fourth-order valence-electron chi connectivity index (χ4n) is 2.34. The van der Waals surface area contributed by atoms with Crippen molar-refractivity contribution in [3.63, 3.8) is 0 Å². The molecule has 0 saturated carbocycles. The molecular formula is C19H17N3O2. The van der Waals surface area contributed by atoms with Gasteiger partial charge in [-0.25, -0.2) is 0 Å². The number of nitrogens with one attached hydrogen (secondary N) is 2. The van der Waals surface area contributed by atoms with Crippen LogP contribution < -0.4 is 10.6 Å². The van der Waals surface area contributed by atoms with Crippen molar-refractivity contribution in [1.82, 2.24) is 4.57 Å². The molecule has 0 aliphatic heterocycles. The summed E-state index contributed by atoms with van der Waals surface area (Å²) in [6, 6.07) is 18.2. The molecule has 2 aromatic carbocycles. The quantitative estimate of drug-likeness (QED) is 0.770. The Morgan fingerprint density at radius 2 is 1.33 bits per heavy atom. The zero-order chi connectivity index (χ0) is 16.9. The molecule has 2 amide bonds. The predicted molar refractivity (Wildman–Crippen MR) is 94.5 cm³/mol. The van der Waals surface area contributed by atoms with Crippen LogP contribution in [0.15, 0.2) is 73.1 Å². The van der Waals surface area contributed by atoms with Gasteiger partial charge in [-0.3, -0.25) is 9.59 Å². The fourth-order valence-corrected chi connectivity index (χ4v) is 2.34. The monoisotopic (exact) mass is 319 g/mol. The lowest BCUT2D eigenvalue weighted by atomic mass is 10.2. The first-order valence-corrected chi connectivity index (χ1v) is 7.54. The minimum atomic E-state index is -0.179. The van der Waals surface area contributed by atoms with Gasteiger partial charge >= 0.3 is 0 Å². The molecular weight excluding hydrogens is 302 g/mol. The van der Waals surface area contributed by atoms with Crippen molar-refractivity contribution in [3.8, 4) is 5.69 Å². The summed E-state index contributed by atoms with van der Waals surface area (Å²) in [4.78, 5) is 23.3. The molecule has 3 rings (SSSR count). The number of hydrogen-bond donors (Lipinski definition) is 2. The average Bonchev–Trinajstić information content (AvgIpc) is 3.11. The van der Waals surface area contributed by atoms with Crippen molar-refractivity contribution in [2.75, 3.05) is 10.6 Å². The second-order valence-electron chi connectivity index (χ2n) is 5.35. The summed E-state index contributed by atoms with van der Waals surface area (Å²) in [6.45, 7) is 1.45. The Morgan fingerprint density at radius 1 is 0.792 bits per heavy atom. The molecule has 5 heteroatoms. The van der Waals surface area contributed by atoms with Crippen molar-refractivity contribution in [2.24, 2.45) is 0 Å². The summed E-state index contributed by atoms with van der Waals surface area (Å²) in [7, 11) is 0. The second kappa shape index (κ2) is 6.83. The molecule has 2 N–H and O–H groups in total. The number of anilines is 2. The van der Waals surface area contributed by atoms with Gasteiger partial charge in [-0.2, -0.15) is 0 Å². The summed E-state index contributed by atoms with van der Waals surface area (Å²) in [5.74, 6) is -0.309. The number of amides is 2. The van der Waals surface area contributed by atoms with Gasteiger partial charge in [-0.1, -0.05) is 0 Å². The van der Waals surface area contributed by atoms with E-state index >= 15 is 0 Å². The molecule has 1 aromatic heterocycles. The van der Waals surface area contributed by atoms with Crippen LogP contribution in [0.5, 0.6) is 0 Å². The van der Waals surface area contributed by atoms with E-state index in [1.807, 2.05) is 41.2 Å². The number of rotatable bonds is 4. The van der Waals surface area contributed by atoms with E-state index in [0.717, 1.165) is 5.69 Å². The third kappa shape index (κ3) is 3.70. The summed E-state index contributed by atoms with van der Waals surface area (Å²) in [6.07, 6.45) is 3.90. The Morgan fingerprint density at radius 3 is 1.88 bits per heavy atom. The maximum atomic E-state index is 12.3. The molecule has 0 radical (unpaired) electrons. The summed E-state index contributed by atoms with van der Waals surface area (Å²) in [5, 5.41) is 5.52. The van der Waals surface area contributed by atoms with Crippen LogP contribution in [0.25, 0.3) is 5.69 Å². The fraction of sp³-hybridized carbons (Fsp3) is 0.0526. The SMILES string of the molecule is CC(=O)Nc1ccc(NC(=O)c2ccc(-n3cccc3)cc2)cc1. The number of carbonyl (C=O) groups excluding carboxylic acids is 2. The van der Waals surface area contributed by atoms with Crippen LogP contribution in [0.3, 0.4) is 0 Å². The first kappa shape index (κ1) is 15.6. The largest absolute Gasteiger partial charge is 0.326 e.